The van der Waals surface area contributed by atoms with Crippen molar-refractivity contribution in [2.75, 3.05) is 0 Å². The van der Waals surface area contributed by atoms with E-state index in [-0.39, 0.29) is 0 Å². The Hall–Kier alpha value is -0.340. The second-order valence-corrected chi connectivity index (χ2v) is 5.76. The van der Waals surface area contributed by atoms with E-state index in [9.17, 15) is 0 Å². The van der Waals surface area contributed by atoms with Crippen LogP contribution in [0.5, 0.6) is 0 Å². The molecule has 0 fully saturated rings. The minimum absolute atomic E-state index is 0.493. The van der Waals surface area contributed by atoms with E-state index in [0.29, 0.717) is 12.1 Å². The van der Waals surface area contributed by atoms with Gasteiger partial charge in [-0.15, -0.1) is 11.3 Å². The van der Waals surface area contributed by atoms with E-state index < -0.39 is 0 Å². The number of thiophene rings is 1. The first kappa shape index (κ1) is 12.7. The van der Waals surface area contributed by atoms with Crippen LogP contribution >= 0.6 is 11.3 Å². The van der Waals surface area contributed by atoms with E-state index in [0.717, 1.165) is 5.92 Å². The fourth-order valence-electron chi connectivity index (χ4n) is 1.71. The Morgan fingerprint density at radius 3 is 2.47 bits per heavy atom. The quantitative estimate of drug-likeness (QED) is 0.764. The molecule has 0 amide bonds. The van der Waals surface area contributed by atoms with Gasteiger partial charge in [-0.1, -0.05) is 19.9 Å². The highest BCUT2D eigenvalue weighted by Gasteiger charge is 2.10. The molecule has 0 saturated carbocycles. The molecule has 0 aliphatic carbocycles. The smallest absolute Gasteiger partial charge is 0.0388 e. The van der Waals surface area contributed by atoms with Crippen LogP contribution in [0.4, 0.5) is 0 Å². The second kappa shape index (κ2) is 6.29. The van der Waals surface area contributed by atoms with Crippen molar-refractivity contribution in [3.05, 3.63) is 22.4 Å². The molecule has 0 bridgehead atoms. The van der Waals surface area contributed by atoms with Gasteiger partial charge in [0.2, 0.25) is 0 Å². The maximum atomic E-state index is 3.65. The Kier molecular flexibility index (Phi) is 5.34. The van der Waals surface area contributed by atoms with Gasteiger partial charge in [0.05, 0.1) is 0 Å². The van der Waals surface area contributed by atoms with Crippen molar-refractivity contribution in [3.8, 4) is 0 Å². The highest BCUT2D eigenvalue weighted by atomic mass is 32.1. The van der Waals surface area contributed by atoms with Gasteiger partial charge in [0.25, 0.3) is 0 Å². The highest BCUT2D eigenvalue weighted by Crippen LogP contribution is 2.19. The van der Waals surface area contributed by atoms with Gasteiger partial charge in [-0.2, -0.15) is 0 Å². The van der Waals surface area contributed by atoms with Crippen molar-refractivity contribution < 1.29 is 0 Å². The summed E-state index contributed by atoms with van der Waals surface area (Å²) in [5.74, 6) is 0.811. The van der Waals surface area contributed by atoms with Crippen molar-refractivity contribution in [2.45, 2.75) is 52.6 Å². The summed E-state index contributed by atoms with van der Waals surface area (Å²) in [6.07, 6.45) is 2.58. The minimum Gasteiger partial charge on any atom is -0.307 e. The molecule has 0 saturated heterocycles. The molecule has 0 aromatic carbocycles. The maximum Gasteiger partial charge on any atom is 0.0388 e. The zero-order valence-corrected chi connectivity index (χ0v) is 11.1. The average molecular weight is 225 g/mol. The molecule has 2 atom stereocenters. The average Bonchev–Trinajstić information content (AvgIpc) is 2.67. The highest BCUT2D eigenvalue weighted by molar-refractivity contribution is 7.10. The fourth-order valence-corrected chi connectivity index (χ4v) is 2.46. The Balaban J connectivity index is 2.28. The molecular weight excluding hydrogens is 202 g/mol. The summed E-state index contributed by atoms with van der Waals surface area (Å²) in [7, 11) is 0. The monoisotopic (exact) mass is 225 g/mol. The molecule has 1 aromatic heterocycles. The molecule has 0 radical (unpaired) electrons. The second-order valence-electron chi connectivity index (χ2n) is 4.78. The van der Waals surface area contributed by atoms with Crippen LogP contribution in [0.3, 0.4) is 0 Å². The lowest BCUT2D eigenvalue weighted by atomic mass is 10.0. The largest absolute Gasteiger partial charge is 0.307 e. The molecule has 86 valence electrons. The van der Waals surface area contributed by atoms with Gasteiger partial charge in [0.1, 0.15) is 0 Å². The topological polar surface area (TPSA) is 12.0 Å². The predicted molar refractivity (Wildman–Crippen MR) is 69.4 cm³/mol. The molecule has 0 aliphatic rings. The molecule has 1 rings (SSSR count). The predicted octanol–water partition coefficient (Wildman–Crippen LogP) is 4.22. The van der Waals surface area contributed by atoms with Crippen LogP contribution in [-0.2, 0) is 0 Å². The Morgan fingerprint density at radius 1 is 1.20 bits per heavy atom. The number of rotatable bonds is 6. The van der Waals surface area contributed by atoms with E-state index in [1.165, 1.54) is 17.7 Å². The van der Waals surface area contributed by atoms with Crippen LogP contribution in [0, 0.1) is 5.92 Å². The first-order valence-corrected chi connectivity index (χ1v) is 6.77. The van der Waals surface area contributed by atoms with E-state index in [2.05, 4.69) is 50.5 Å². The summed E-state index contributed by atoms with van der Waals surface area (Å²) in [6, 6.07) is 5.44. The van der Waals surface area contributed by atoms with Crippen molar-refractivity contribution in [1.29, 1.82) is 0 Å². The summed E-state index contributed by atoms with van der Waals surface area (Å²) < 4.78 is 0. The molecule has 1 heterocycles. The molecule has 2 heteroatoms. The van der Waals surface area contributed by atoms with Crippen LogP contribution < -0.4 is 5.32 Å². The number of nitrogens with one attached hydrogen (secondary N) is 1. The van der Waals surface area contributed by atoms with Crippen LogP contribution in [-0.4, -0.2) is 6.04 Å². The van der Waals surface area contributed by atoms with Crippen LogP contribution in [0.15, 0.2) is 17.5 Å². The Bertz CT molecular complexity index is 254. The SMILES string of the molecule is CC(C)CCC(C)N[C@@H](C)c1cccs1. The third kappa shape index (κ3) is 4.80. The van der Waals surface area contributed by atoms with Gasteiger partial charge in [0, 0.05) is 17.0 Å². The van der Waals surface area contributed by atoms with Crippen LogP contribution in [0.25, 0.3) is 0 Å². The minimum atomic E-state index is 0.493. The molecular formula is C13H23NS. The summed E-state index contributed by atoms with van der Waals surface area (Å²) in [4.78, 5) is 1.44. The summed E-state index contributed by atoms with van der Waals surface area (Å²) in [5, 5.41) is 5.79. The first-order valence-electron chi connectivity index (χ1n) is 5.89. The van der Waals surface area contributed by atoms with Crippen molar-refractivity contribution in [3.63, 3.8) is 0 Å². The summed E-state index contributed by atoms with van der Waals surface area (Å²) in [6.45, 7) is 9.11. The molecule has 1 unspecified atom stereocenters. The Morgan fingerprint density at radius 2 is 1.93 bits per heavy atom. The van der Waals surface area contributed by atoms with Gasteiger partial charge >= 0.3 is 0 Å². The zero-order chi connectivity index (χ0) is 11.3. The van der Waals surface area contributed by atoms with Crippen LogP contribution in [0.1, 0.15) is 51.5 Å². The molecule has 1 aromatic rings. The molecule has 0 aliphatic heterocycles. The maximum absolute atomic E-state index is 3.65. The van der Waals surface area contributed by atoms with E-state index >= 15 is 0 Å². The van der Waals surface area contributed by atoms with Gasteiger partial charge in [-0.25, -0.2) is 0 Å². The molecule has 1 N–H and O–H groups in total. The van der Waals surface area contributed by atoms with Gasteiger partial charge in [0.15, 0.2) is 0 Å². The lowest BCUT2D eigenvalue weighted by Crippen LogP contribution is -2.28. The summed E-state index contributed by atoms with van der Waals surface area (Å²) >= 11 is 1.83. The fraction of sp³-hybridized carbons (Fsp3) is 0.692. The Labute approximate surface area is 97.9 Å². The third-order valence-corrected chi connectivity index (χ3v) is 3.74. The van der Waals surface area contributed by atoms with Gasteiger partial charge in [-0.3, -0.25) is 0 Å². The van der Waals surface area contributed by atoms with Crippen molar-refractivity contribution >= 4 is 11.3 Å². The number of hydrogen-bond donors (Lipinski definition) is 1. The van der Waals surface area contributed by atoms with Crippen LogP contribution in [0.2, 0.25) is 0 Å². The zero-order valence-electron chi connectivity index (χ0n) is 10.3. The van der Waals surface area contributed by atoms with E-state index in [1.54, 1.807) is 0 Å². The molecule has 0 spiro atoms. The lowest BCUT2D eigenvalue weighted by Gasteiger charge is -2.19. The first-order chi connectivity index (χ1) is 7.09. The van der Waals surface area contributed by atoms with Crippen molar-refractivity contribution in [2.24, 2.45) is 5.92 Å². The van der Waals surface area contributed by atoms with Gasteiger partial charge < -0.3 is 5.32 Å². The lowest BCUT2D eigenvalue weighted by molar-refractivity contribution is 0.419. The van der Waals surface area contributed by atoms with Gasteiger partial charge in [-0.05, 0) is 44.1 Å². The normalized spacial score (nSPS) is 15.5. The molecule has 1 nitrogen and oxygen atoms in total. The third-order valence-electron chi connectivity index (χ3n) is 2.68. The standard InChI is InChI=1S/C13H23NS/c1-10(2)7-8-11(3)14-12(4)13-6-5-9-15-13/h5-6,9-12,14H,7-8H2,1-4H3/t11?,12-/m0/s1. The van der Waals surface area contributed by atoms with Crippen molar-refractivity contribution in [1.82, 2.24) is 5.32 Å². The van der Waals surface area contributed by atoms with E-state index in [1.807, 2.05) is 11.3 Å². The molecule has 15 heavy (non-hydrogen) atoms. The summed E-state index contributed by atoms with van der Waals surface area (Å²) in [5.41, 5.74) is 0. The van der Waals surface area contributed by atoms with E-state index in [4.69, 9.17) is 0 Å². The number of hydrogen-bond acceptors (Lipinski definition) is 2.